The lowest BCUT2D eigenvalue weighted by Gasteiger charge is -2.09. The first kappa shape index (κ1) is 9.99. The average molecular weight is 184 g/mol. The van der Waals surface area contributed by atoms with E-state index in [0.29, 0.717) is 12.0 Å². The molecule has 1 N–H and O–H groups in total. The van der Waals surface area contributed by atoms with Crippen molar-refractivity contribution in [2.75, 3.05) is 7.11 Å². The molecule has 0 saturated carbocycles. The smallest absolute Gasteiger partial charge is 0.165 e. The van der Waals surface area contributed by atoms with Crippen LogP contribution in [0.3, 0.4) is 0 Å². The van der Waals surface area contributed by atoms with Crippen LogP contribution in [0.1, 0.15) is 25.0 Å². The maximum Gasteiger partial charge on any atom is 0.165 e. The zero-order valence-electron chi connectivity index (χ0n) is 7.75. The molecule has 2 nitrogen and oxygen atoms in total. The predicted molar refractivity (Wildman–Crippen MR) is 48.2 cm³/mol. The number of aliphatic hydroxyl groups excluding tert-OH is 1. The highest BCUT2D eigenvalue weighted by atomic mass is 19.1. The lowest BCUT2D eigenvalue weighted by Crippen LogP contribution is -1.97. The van der Waals surface area contributed by atoms with Gasteiger partial charge in [0.05, 0.1) is 13.2 Å². The number of halogens is 1. The molecule has 0 saturated heterocycles. The van der Waals surface area contributed by atoms with Crippen LogP contribution >= 0.6 is 0 Å². The summed E-state index contributed by atoms with van der Waals surface area (Å²) in [6.45, 7) is 1.86. The molecular weight excluding hydrogens is 171 g/mol. The van der Waals surface area contributed by atoms with E-state index in [4.69, 9.17) is 4.74 Å². The number of hydrogen-bond donors (Lipinski definition) is 1. The molecule has 1 rings (SSSR count). The van der Waals surface area contributed by atoms with Gasteiger partial charge in [0.2, 0.25) is 0 Å². The lowest BCUT2D eigenvalue weighted by molar-refractivity contribution is 0.173. The predicted octanol–water partition coefficient (Wildman–Crippen LogP) is 2.28. The fraction of sp³-hybridized carbons (Fsp3) is 0.400. The topological polar surface area (TPSA) is 29.5 Å². The molecular formula is C10H13FO2. The van der Waals surface area contributed by atoms with Gasteiger partial charge >= 0.3 is 0 Å². The van der Waals surface area contributed by atoms with Crippen LogP contribution < -0.4 is 4.74 Å². The Balaban J connectivity index is 2.99. The quantitative estimate of drug-likeness (QED) is 0.780. The van der Waals surface area contributed by atoms with Crippen LogP contribution in [0.15, 0.2) is 18.2 Å². The van der Waals surface area contributed by atoms with Gasteiger partial charge in [0.15, 0.2) is 11.6 Å². The zero-order chi connectivity index (χ0) is 9.84. The van der Waals surface area contributed by atoms with Crippen molar-refractivity contribution in [1.82, 2.24) is 0 Å². The molecule has 0 bridgehead atoms. The Morgan fingerprint density at radius 1 is 1.54 bits per heavy atom. The summed E-state index contributed by atoms with van der Waals surface area (Å²) in [5.41, 5.74) is 0.681. The second kappa shape index (κ2) is 4.23. The molecule has 0 spiro atoms. The molecule has 1 aromatic carbocycles. The van der Waals surface area contributed by atoms with E-state index in [1.54, 1.807) is 6.07 Å². The third-order valence-electron chi connectivity index (χ3n) is 1.95. The molecule has 0 aliphatic rings. The standard InChI is InChI=1S/C10H13FO2/c1-3-9(12)7-4-5-8(11)10(6-7)13-2/h4-6,9,12H,3H2,1-2H3/t9-/m0/s1. The van der Waals surface area contributed by atoms with E-state index in [9.17, 15) is 9.50 Å². The maximum atomic E-state index is 12.9. The van der Waals surface area contributed by atoms with E-state index >= 15 is 0 Å². The minimum Gasteiger partial charge on any atom is -0.494 e. The minimum atomic E-state index is -0.547. The highest BCUT2D eigenvalue weighted by Gasteiger charge is 2.08. The summed E-state index contributed by atoms with van der Waals surface area (Å²) < 4.78 is 17.7. The van der Waals surface area contributed by atoms with Crippen molar-refractivity contribution in [3.05, 3.63) is 29.6 Å². The number of methoxy groups -OCH3 is 1. The first-order chi connectivity index (χ1) is 6.19. The summed E-state index contributed by atoms with van der Waals surface area (Å²) in [7, 11) is 1.40. The summed E-state index contributed by atoms with van der Waals surface area (Å²) in [5.74, 6) is -0.237. The van der Waals surface area contributed by atoms with Crippen molar-refractivity contribution in [2.24, 2.45) is 0 Å². The maximum absolute atomic E-state index is 12.9. The summed E-state index contributed by atoms with van der Waals surface area (Å²) in [6.07, 6.45) is 0.0592. The van der Waals surface area contributed by atoms with Crippen LogP contribution in [0.25, 0.3) is 0 Å². The van der Waals surface area contributed by atoms with Crippen LogP contribution in [0.2, 0.25) is 0 Å². The van der Waals surface area contributed by atoms with Crippen molar-refractivity contribution in [2.45, 2.75) is 19.4 Å². The monoisotopic (exact) mass is 184 g/mol. The van der Waals surface area contributed by atoms with Crippen molar-refractivity contribution in [3.63, 3.8) is 0 Å². The molecule has 13 heavy (non-hydrogen) atoms. The van der Waals surface area contributed by atoms with Crippen LogP contribution in [0, 0.1) is 5.82 Å². The third-order valence-corrected chi connectivity index (χ3v) is 1.95. The van der Waals surface area contributed by atoms with Gasteiger partial charge in [-0.25, -0.2) is 4.39 Å². The Morgan fingerprint density at radius 2 is 2.23 bits per heavy atom. The molecule has 1 aromatic rings. The third kappa shape index (κ3) is 2.18. The van der Waals surface area contributed by atoms with Gasteiger partial charge in [-0.15, -0.1) is 0 Å². The van der Waals surface area contributed by atoms with Crippen molar-refractivity contribution < 1.29 is 14.2 Å². The van der Waals surface area contributed by atoms with E-state index in [-0.39, 0.29) is 5.75 Å². The van der Waals surface area contributed by atoms with Crippen molar-refractivity contribution in [3.8, 4) is 5.75 Å². The molecule has 3 heteroatoms. The molecule has 0 fully saturated rings. The molecule has 0 aromatic heterocycles. The molecule has 1 atom stereocenters. The van der Waals surface area contributed by atoms with Gasteiger partial charge in [0.25, 0.3) is 0 Å². The second-order valence-corrected chi connectivity index (χ2v) is 2.82. The van der Waals surface area contributed by atoms with E-state index in [1.807, 2.05) is 6.92 Å². The first-order valence-corrected chi connectivity index (χ1v) is 4.20. The Morgan fingerprint density at radius 3 is 2.77 bits per heavy atom. The summed E-state index contributed by atoms with van der Waals surface area (Å²) in [6, 6.07) is 4.38. The van der Waals surface area contributed by atoms with Gasteiger partial charge in [0, 0.05) is 0 Å². The summed E-state index contributed by atoms with van der Waals surface area (Å²) >= 11 is 0. The van der Waals surface area contributed by atoms with Gasteiger partial charge in [-0.05, 0) is 24.1 Å². The molecule has 0 aliphatic heterocycles. The summed E-state index contributed by atoms with van der Waals surface area (Å²) in [5, 5.41) is 9.46. The molecule has 0 radical (unpaired) electrons. The van der Waals surface area contributed by atoms with Crippen LogP contribution in [0.5, 0.6) is 5.75 Å². The summed E-state index contributed by atoms with van der Waals surface area (Å²) in [4.78, 5) is 0. The Hall–Kier alpha value is -1.09. The Bertz CT molecular complexity index is 286. The molecule has 0 heterocycles. The van der Waals surface area contributed by atoms with Gasteiger partial charge < -0.3 is 9.84 Å². The number of hydrogen-bond acceptors (Lipinski definition) is 2. The first-order valence-electron chi connectivity index (χ1n) is 4.20. The van der Waals surface area contributed by atoms with Crippen molar-refractivity contribution >= 4 is 0 Å². The SMILES string of the molecule is CC[C@H](O)c1ccc(F)c(OC)c1. The van der Waals surface area contributed by atoms with E-state index in [2.05, 4.69) is 0 Å². The van der Waals surface area contributed by atoms with E-state index in [0.717, 1.165) is 0 Å². The molecule has 0 aliphatic carbocycles. The second-order valence-electron chi connectivity index (χ2n) is 2.82. The van der Waals surface area contributed by atoms with Crippen LogP contribution in [-0.2, 0) is 0 Å². The van der Waals surface area contributed by atoms with E-state index < -0.39 is 11.9 Å². The van der Waals surface area contributed by atoms with Gasteiger partial charge in [-0.1, -0.05) is 13.0 Å². The average Bonchev–Trinajstić information content (AvgIpc) is 2.17. The van der Waals surface area contributed by atoms with Gasteiger partial charge in [-0.3, -0.25) is 0 Å². The van der Waals surface area contributed by atoms with Gasteiger partial charge in [-0.2, -0.15) is 0 Å². The zero-order valence-corrected chi connectivity index (χ0v) is 7.75. The number of ether oxygens (including phenoxy) is 1. The largest absolute Gasteiger partial charge is 0.494 e. The van der Waals surface area contributed by atoms with Crippen LogP contribution in [0.4, 0.5) is 4.39 Å². The van der Waals surface area contributed by atoms with Crippen molar-refractivity contribution in [1.29, 1.82) is 0 Å². The number of benzene rings is 1. The lowest BCUT2D eigenvalue weighted by atomic mass is 10.1. The number of rotatable bonds is 3. The van der Waals surface area contributed by atoms with Crippen LogP contribution in [-0.4, -0.2) is 12.2 Å². The van der Waals surface area contributed by atoms with E-state index in [1.165, 1.54) is 19.2 Å². The Kier molecular flexibility index (Phi) is 3.25. The Labute approximate surface area is 77.0 Å². The molecule has 72 valence electrons. The number of aliphatic hydroxyl groups is 1. The minimum absolute atomic E-state index is 0.171. The fourth-order valence-electron chi connectivity index (χ4n) is 1.12. The molecule has 0 amide bonds. The highest BCUT2D eigenvalue weighted by molar-refractivity contribution is 5.31. The fourth-order valence-corrected chi connectivity index (χ4v) is 1.12. The molecule has 0 unspecified atom stereocenters. The normalized spacial score (nSPS) is 12.6. The highest BCUT2D eigenvalue weighted by Crippen LogP contribution is 2.23. The van der Waals surface area contributed by atoms with Gasteiger partial charge in [0.1, 0.15) is 0 Å².